The van der Waals surface area contributed by atoms with Crippen LogP contribution in [-0.2, 0) is 9.53 Å². The second-order valence-corrected chi connectivity index (χ2v) is 2.63. The van der Waals surface area contributed by atoms with Crippen molar-refractivity contribution in [2.45, 2.75) is 38.8 Å². The zero-order valence-electron chi connectivity index (χ0n) is 7.62. The van der Waals surface area contributed by atoms with Crippen LogP contribution in [0.2, 0.25) is 0 Å². The fraction of sp³-hybridized carbons (Fsp3) is 0.875. The molecule has 0 saturated heterocycles. The number of aliphatic hydroxyl groups is 1. The molecular weight excluding hydrogens is 158 g/mol. The van der Waals surface area contributed by atoms with Gasteiger partial charge < -0.3 is 15.6 Å². The lowest BCUT2D eigenvalue weighted by atomic mass is 10.1. The number of ether oxygens (including phenoxy) is 1. The first-order chi connectivity index (χ1) is 5.63. The molecule has 0 rings (SSSR count). The number of rotatable bonds is 5. The highest BCUT2D eigenvalue weighted by molar-refractivity contribution is 5.76. The molecule has 0 aliphatic rings. The van der Waals surface area contributed by atoms with Crippen LogP contribution in [0.15, 0.2) is 0 Å². The zero-order valence-corrected chi connectivity index (χ0v) is 7.62. The number of carbonyl (C=O) groups is 1. The molecule has 0 bridgehead atoms. The lowest BCUT2D eigenvalue weighted by molar-refractivity contribution is -0.147. The largest absolute Gasteiger partial charge is 0.465 e. The van der Waals surface area contributed by atoms with E-state index < -0.39 is 18.1 Å². The van der Waals surface area contributed by atoms with Gasteiger partial charge in [-0.05, 0) is 13.3 Å². The van der Waals surface area contributed by atoms with E-state index in [9.17, 15) is 9.90 Å². The second-order valence-electron chi connectivity index (χ2n) is 2.63. The van der Waals surface area contributed by atoms with Crippen molar-refractivity contribution >= 4 is 5.97 Å². The van der Waals surface area contributed by atoms with Gasteiger partial charge in [0.05, 0.1) is 12.7 Å². The molecule has 72 valence electrons. The number of nitrogens with two attached hydrogens (primary N) is 1. The number of hydrogen-bond acceptors (Lipinski definition) is 4. The summed E-state index contributed by atoms with van der Waals surface area (Å²) in [6.45, 7) is 3.92. The normalized spacial score (nSPS) is 15.3. The molecule has 0 amide bonds. The van der Waals surface area contributed by atoms with E-state index in [0.717, 1.165) is 6.42 Å². The SMILES string of the molecule is CCC[C@H](O)[C@@H](N)C(=O)OCC. The fourth-order valence-corrected chi connectivity index (χ4v) is 0.871. The van der Waals surface area contributed by atoms with E-state index in [-0.39, 0.29) is 0 Å². The number of aliphatic hydroxyl groups excluding tert-OH is 1. The molecule has 0 heterocycles. The van der Waals surface area contributed by atoms with Crippen LogP contribution in [0, 0.1) is 0 Å². The van der Waals surface area contributed by atoms with Gasteiger partial charge in [-0.1, -0.05) is 13.3 Å². The van der Waals surface area contributed by atoms with Gasteiger partial charge in [-0.15, -0.1) is 0 Å². The van der Waals surface area contributed by atoms with Gasteiger partial charge in [-0.25, -0.2) is 0 Å². The summed E-state index contributed by atoms with van der Waals surface area (Å²) in [5.74, 6) is -0.529. The van der Waals surface area contributed by atoms with Crippen molar-refractivity contribution < 1.29 is 14.6 Å². The molecule has 0 unspecified atom stereocenters. The van der Waals surface area contributed by atoms with E-state index >= 15 is 0 Å². The van der Waals surface area contributed by atoms with Crippen molar-refractivity contribution in [2.24, 2.45) is 5.73 Å². The zero-order chi connectivity index (χ0) is 9.56. The van der Waals surface area contributed by atoms with Crippen LogP contribution >= 0.6 is 0 Å². The van der Waals surface area contributed by atoms with Gasteiger partial charge in [0, 0.05) is 0 Å². The maximum absolute atomic E-state index is 11.0. The van der Waals surface area contributed by atoms with E-state index in [2.05, 4.69) is 4.74 Å². The summed E-state index contributed by atoms with van der Waals surface area (Å²) < 4.78 is 4.65. The summed E-state index contributed by atoms with van der Waals surface area (Å²) in [6, 6.07) is -0.898. The molecule has 0 aliphatic carbocycles. The average molecular weight is 175 g/mol. The Labute approximate surface area is 72.7 Å². The first-order valence-electron chi connectivity index (χ1n) is 4.23. The monoisotopic (exact) mass is 175 g/mol. The lowest BCUT2D eigenvalue weighted by Crippen LogP contribution is -2.42. The minimum absolute atomic E-state index is 0.297. The Morgan fingerprint density at radius 1 is 1.58 bits per heavy atom. The van der Waals surface area contributed by atoms with E-state index in [0.29, 0.717) is 13.0 Å². The van der Waals surface area contributed by atoms with Crippen LogP contribution in [0.1, 0.15) is 26.7 Å². The third-order valence-corrected chi connectivity index (χ3v) is 1.56. The Morgan fingerprint density at radius 3 is 2.58 bits per heavy atom. The average Bonchev–Trinajstić information content (AvgIpc) is 2.04. The van der Waals surface area contributed by atoms with Gasteiger partial charge in [0.1, 0.15) is 6.04 Å². The summed E-state index contributed by atoms with van der Waals surface area (Å²) >= 11 is 0. The Kier molecular flexibility index (Phi) is 5.66. The van der Waals surface area contributed by atoms with Crippen molar-refractivity contribution in [3.05, 3.63) is 0 Å². The Bertz CT molecular complexity index is 138. The maximum atomic E-state index is 11.0. The highest BCUT2D eigenvalue weighted by Gasteiger charge is 2.22. The Balaban J connectivity index is 3.82. The highest BCUT2D eigenvalue weighted by atomic mass is 16.5. The number of esters is 1. The van der Waals surface area contributed by atoms with E-state index in [4.69, 9.17) is 5.73 Å². The quantitative estimate of drug-likeness (QED) is 0.578. The van der Waals surface area contributed by atoms with Crippen molar-refractivity contribution in [2.75, 3.05) is 6.61 Å². The molecule has 0 fully saturated rings. The predicted molar refractivity (Wildman–Crippen MR) is 45.5 cm³/mol. The molecule has 0 aromatic rings. The van der Waals surface area contributed by atoms with Crippen LogP contribution in [0.4, 0.5) is 0 Å². The van der Waals surface area contributed by atoms with Gasteiger partial charge in [0.15, 0.2) is 0 Å². The summed E-state index contributed by atoms with van der Waals surface area (Å²) in [6.07, 6.45) is 0.544. The van der Waals surface area contributed by atoms with Crippen molar-refractivity contribution in [1.29, 1.82) is 0 Å². The van der Waals surface area contributed by atoms with Crippen LogP contribution in [0.3, 0.4) is 0 Å². The van der Waals surface area contributed by atoms with Crippen molar-refractivity contribution in [1.82, 2.24) is 0 Å². The third-order valence-electron chi connectivity index (χ3n) is 1.56. The fourth-order valence-electron chi connectivity index (χ4n) is 0.871. The van der Waals surface area contributed by atoms with E-state index in [1.807, 2.05) is 6.92 Å². The summed E-state index contributed by atoms with van der Waals surface area (Å²) in [5.41, 5.74) is 5.41. The van der Waals surface area contributed by atoms with Crippen LogP contribution < -0.4 is 5.73 Å². The molecule has 4 nitrogen and oxygen atoms in total. The van der Waals surface area contributed by atoms with Crippen molar-refractivity contribution in [3.63, 3.8) is 0 Å². The first-order valence-corrected chi connectivity index (χ1v) is 4.23. The molecule has 4 heteroatoms. The van der Waals surface area contributed by atoms with Crippen LogP contribution in [0.5, 0.6) is 0 Å². The summed E-state index contributed by atoms with van der Waals surface area (Å²) in [4.78, 5) is 11.0. The van der Waals surface area contributed by atoms with Crippen LogP contribution in [-0.4, -0.2) is 29.8 Å². The first kappa shape index (κ1) is 11.4. The minimum atomic E-state index is -0.898. The predicted octanol–water partition coefficient (Wildman–Crippen LogP) is 0.0378. The Morgan fingerprint density at radius 2 is 2.17 bits per heavy atom. The molecular formula is C8H17NO3. The summed E-state index contributed by atoms with van der Waals surface area (Å²) in [7, 11) is 0. The number of hydrogen-bond donors (Lipinski definition) is 2. The molecule has 3 N–H and O–H groups in total. The molecule has 2 atom stereocenters. The molecule has 12 heavy (non-hydrogen) atoms. The Hall–Kier alpha value is -0.610. The second kappa shape index (κ2) is 5.97. The van der Waals surface area contributed by atoms with Gasteiger partial charge >= 0.3 is 5.97 Å². The van der Waals surface area contributed by atoms with E-state index in [1.165, 1.54) is 0 Å². The van der Waals surface area contributed by atoms with E-state index in [1.54, 1.807) is 6.92 Å². The summed E-state index contributed by atoms with van der Waals surface area (Å²) in [5, 5.41) is 9.29. The van der Waals surface area contributed by atoms with Crippen LogP contribution in [0.25, 0.3) is 0 Å². The third kappa shape index (κ3) is 3.69. The highest BCUT2D eigenvalue weighted by Crippen LogP contribution is 2.01. The van der Waals surface area contributed by atoms with Gasteiger partial charge in [-0.2, -0.15) is 0 Å². The molecule has 0 saturated carbocycles. The maximum Gasteiger partial charge on any atom is 0.325 e. The molecule has 0 aromatic carbocycles. The molecule has 0 aliphatic heterocycles. The van der Waals surface area contributed by atoms with Gasteiger partial charge in [0.2, 0.25) is 0 Å². The van der Waals surface area contributed by atoms with Crippen molar-refractivity contribution in [3.8, 4) is 0 Å². The molecule has 0 spiro atoms. The van der Waals surface area contributed by atoms with Gasteiger partial charge in [-0.3, -0.25) is 4.79 Å². The smallest absolute Gasteiger partial charge is 0.325 e. The molecule has 0 radical (unpaired) electrons. The topological polar surface area (TPSA) is 72.5 Å². The number of carbonyl (C=O) groups excluding carboxylic acids is 1. The standard InChI is InChI=1S/C8H17NO3/c1-3-5-6(10)7(9)8(11)12-4-2/h6-7,10H,3-5,9H2,1-2H3/t6-,7+/m0/s1. The van der Waals surface area contributed by atoms with Gasteiger partial charge in [0.25, 0.3) is 0 Å². The molecule has 0 aromatic heterocycles. The minimum Gasteiger partial charge on any atom is -0.465 e. The lowest BCUT2D eigenvalue weighted by Gasteiger charge is -2.15.